The van der Waals surface area contributed by atoms with Gasteiger partial charge in [0.1, 0.15) is 5.82 Å². The number of hydrogen-bond acceptors (Lipinski definition) is 2. The van der Waals surface area contributed by atoms with Gasteiger partial charge in [0.25, 0.3) is 0 Å². The Morgan fingerprint density at radius 2 is 2.20 bits per heavy atom. The van der Waals surface area contributed by atoms with Crippen molar-refractivity contribution in [2.75, 3.05) is 6.26 Å². The van der Waals surface area contributed by atoms with Gasteiger partial charge < -0.3 is 4.57 Å². The number of alkyl halides is 1. The van der Waals surface area contributed by atoms with E-state index in [0.717, 1.165) is 16.6 Å². The van der Waals surface area contributed by atoms with E-state index in [0.29, 0.717) is 6.04 Å². The molecule has 1 fully saturated rings. The third-order valence-corrected chi connectivity index (χ3v) is 5.57. The molecule has 108 valence electrons. The summed E-state index contributed by atoms with van der Waals surface area (Å²) in [5, 5.41) is 0.733. The van der Waals surface area contributed by atoms with Crippen molar-refractivity contribution in [1.29, 1.82) is 0 Å². The Bertz CT molecular complexity index is 620. The zero-order valence-corrected chi connectivity index (χ0v) is 13.8. The molecule has 3 rings (SSSR count). The van der Waals surface area contributed by atoms with Crippen LogP contribution in [0, 0.1) is 6.92 Å². The van der Waals surface area contributed by atoms with E-state index in [1.165, 1.54) is 30.3 Å². The number of hydrogen-bond donors (Lipinski definition) is 0. The molecule has 0 radical (unpaired) electrons. The topological polar surface area (TPSA) is 17.8 Å². The fourth-order valence-electron chi connectivity index (χ4n) is 3.25. The highest BCUT2D eigenvalue weighted by Crippen LogP contribution is 2.40. The van der Waals surface area contributed by atoms with E-state index < -0.39 is 0 Å². The van der Waals surface area contributed by atoms with Crippen LogP contribution in [0.25, 0.3) is 11.0 Å². The standard InChI is InChI=1S/C16H21ClN2S/c1-10-4-7-14-15(8-10)19(16(18-14)11(2)17)12-5-6-13(9-12)20-3/h4,7-8,11-13H,5-6,9H2,1-3H3. The van der Waals surface area contributed by atoms with Crippen LogP contribution in [0.3, 0.4) is 0 Å². The Morgan fingerprint density at radius 3 is 2.85 bits per heavy atom. The second kappa shape index (κ2) is 5.61. The number of rotatable bonds is 3. The van der Waals surface area contributed by atoms with Crippen molar-refractivity contribution < 1.29 is 0 Å². The number of aryl methyl sites for hydroxylation is 1. The predicted molar refractivity (Wildman–Crippen MR) is 88.9 cm³/mol. The maximum atomic E-state index is 6.38. The number of fused-ring (bicyclic) bond motifs is 1. The van der Waals surface area contributed by atoms with Crippen molar-refractivity contribution >= 4 is 34.4 Å². The van der Waals surface area contributed by atoms with Gasteiger partial charge in [0, 0.05) is 11.3 Å². The predicted octanol–water partition coefficient (Wildman–Crippen LogP) is 5.10. The van der Waals surface area contributed by atoms with Crippen molar-refractivity contribution in [3.05, 3.63) is 29.6 Å². The largest absolute Gasteiger partial charge is 0.324 e. The summed E-state index contributed by atoms with van der Waals surface area (Å²) in [6, 6.07) is 7.04. The van der Waals surface area contributed by atoms with Gasteiger partial charge in [0.15, 0.2) is 0 Å². The van der Waals surface area contributed by atoms with E-state index in [2.05, 4.69) is 35.9 Å². The summed E-state index contributed by atoms with van der Waals surface area (Å²) < 4.78 is 2.41. The van der Waals surface area contributed by atoms with Crippen molar-refractivity contribution in [1.82, 2.24) is 9.55 Å². The lowest BCUT2D eigenvalue weighted by atomic mass is 10.2. The molecule has 0 spiro atoms. The zero-order chi connectivity index (χ0) is 14.3. The normalized spacial score (nSPS) is 24.4. The van der Waals surface area contributed by atoms with Crippen LogP contribution in [0.15, 0.2) is 18.2 Å². The van der Waals surface area contributed by atoms with Gasteiger partial charge in [0.05, 0.1) is 16.4 Å². The number of imidazole rings is 1. The lowest BCUT2D eigenvalue weighted by molar-refractivity contribution is 0.511. The molecule has 1 aromatic heterocycles. The molecule has 0 aliphatic heterocycles. The number of halogens is 1. The first-order chi connectivity index (χ1) is 9.60. The van der Waals surface area contributed by atoms with Gasteiger partial charge in [-0.1, -0.05) is 6.07 Å². The minimum atomic E-state index is -0.0453. The minimum absolute atomic E-state index is 0.0453. The molecule has 3 atom stereocenters. The first kappa shape index (κ1) is 14.3. The number of thioether (sulfide) groups is 1. The molecule has 1 aliphatic carbocycles. The highest BCUT2D eigenvalue weighted by atomic mass is 35.5. The van der Waals surface area contributed by atoms with Crippen LogP contribution >= 0.6 is 23.4 Å². The Kier molecular flexibility index (Phi) is 4.00. The SMILES string of the molecule is CSC1CCC(n2c(C(C)Cl)nc3ccc(C)cc32)C1. The molecule has 3 unspecified atom stereocenters. The lowest BCUT2D eigenvalue weighted by Crippen LogP contribution is -2.10. The molecule has 2 aromatic rings. The minimum Gasteiger partial charge on any atom is -0.324 e. The summed E-state index contributed by atoms with van der Waals surface area (Å²) in [4.78, 5) is 4.77. The molecule has 1 heterocycles. The van der Waals surface area contributed by atoms with Gasteiger partial charge in [-0.25, -0.2) is 4.98 Å². The molecule has 2 nitrogen and oxygen atoms in total. The molecule has 1 aromatic carbocycles. The van der Waals surface area contributed by atoms with Crippen LogP contribution in [0.5, 0.6) is 0 Å². The summed E-state index contributed by atoms with van der Waals surface area (Å²) in [5.41, 5.74) is 3.61. The van der Waals surface area contributed by atoms with Crippen molar-refractivity contribution in [3.63, 3.8) is 0 Å². The first-order valence-electron chi connectivity index (χ1n) is 7.25. The fourth-order valence-corrected chi connectivity index (χ4v) is 4.19. The summed E-state index contributed by atoms with van der Waals surface area (Å²) in [6.07, 6.45) is 5.99. The molecule has 1 aliphatic rings. The average molecular weight is 309 g/mol. The Balaban J connectivity index is 2.11. The molecule has 0 N–H and O–H groups in total. The third kappa shape index (κ3) is 2.46. The third-order valence-electron chi connectivity index (χ3n) is 4.28. The van der Waals surface area contributed by atoms with E-state index in [1.807, 2.05) is 18.7 Å². The van der Waals surface area contributed by atoms with Gasteiger partial charge in [-0.3, -0.25) is 0 Å². The van der Waals surface area contributed by atoms with Crippen LogP contribution in [-0.2, 0) is 0 Å². The van der Waals surface area contributed by atoms with E-state index in [1.54, 1.807) is 0 Å². The van der Waals surface area contributed by atoms with E-state index in [-0.39, 0.29) is 5.38 Å². The number of aromatic nitrogens is 2. The van der Waals surface area contributed by atoms with Gasteiger partial charge in [-0.15, -0.1) is 11.6 Å². The van der Waals surface area contributed by atoms with Crippen LogP contribution in [0.2, 0.25) is 0 Å². The second-order valence-electron chi connectivity index (χ2n) is 5.77. The van der Waals surface area contributed by atoms with E-state index in [9.17, 15) is 0 Å². The van der Waals surface area contributed by atoms with E-state index >= 15 is 0 Å². The highest BCUT2D eigenvalue weighted by Gasteiger charge is 2.29. The first-order valence-corrected chi connectivity index (χ1v) is 8.98. The van der Waals surface area contributed by atoms with Crippen LogP contribution < -0.4 is 0 Å². The zero-order valence-electron chi connectivity index (χ0n) is 12.3. The van der Waals surface area contributed by atoms with Gasteiger partial charge in [-0.2, -0.15) is 11.8 Å². The fraction of sp³-hybridized carbons (Fsp3) is 0.562. The van der Waals surface area contributed by atoms with Gasteiger partial charge in [-0.05, 0) is 57.1 Å². The molecular formula is C16H21ClN2S. The molecular weight excluding hydrogens is 288 g/mol. The van der Waals surface area contributed by atoms with Crippen molar-refractivity contribution in [3.8, 4) is 0 Å². The van der Waals surface area contributed by atoms with Crippen molar-refractivity contribution in [2.45, 2.75) is 49.8 Å². The second-order valence-corrected chi connectivity index (χ2v) is 7.57. The van der Waals surface area contributed by atoms with Crippen molar-refractivity contribution in [2.24, 2.45) is 0 Å². The van der Waals surface area contributed by atoms with Gasteiger partial charge in [0.2, 0.25) is 0 Å². The molecule has 20 heavy (non-hydrogen) atoms. The quantitative estimate of drug-likeness (QED) is 0.734. The number of benzene rings is 1. The van der Waals surface area contributed by atoms with Gasteiger partial charge >= 0.3 is 0 Å². The molecule has 0 bridgehead atoms. The molecule has 0 saturated heterocycles. The van der Waals surface area contributed by atoms with Crippen LogP contribution in [-0.4, -0.2) is 21.1 Å². The highest BCUT2D eigenvalue weighted by molar-refractivity contribution is 7.99. The molecule has 4 heteroatoms. The Labute approximate surface area is 129 Å². The number of nitrogens with zero attached hydrogens (tertiary/aromatic N) is 2. The molecule has 1 saturated carbocycles. The smallest absolute Gasteiger partial charge is 0.127 e. The summed E-state index contributed by atoms with van der Waals surface area (Å²) in [5.74, 6) is 1.03. The Hall–Kier alpha value is -0.670. The summed E-state index contributed by atoms with van der Waals surface area (Å²) in [7, 11) is 0. The van der Waals surface area contributed by atoms with Crippen LogP contribution in [0.4, 0.5) is 0 Å². The average Bonchev–Trinajstić information content (AvgIpc) is 3.01. The molecule has 0 amide bonds. The van der Waals surface area contributed by atoms with E-state index in [4.69, 9.17) is 16.6 Å². The Morgan fingerprint density at radius 1 is 1.40 bits per heavy atom. The maximum Gasteiger partial charge on any atom is 0.127 e. The monoisotopic (exact) mass is 308 g/mol. The lowest BCUT2D eigenvalue weighted by Gasteiger charge is -2.18. The summed E-state index contributed by atoms with van der Waals surface area (Å²) in [6.45, 7) is 4.16. The maximum absolute atomic E-state index is 6.38. The van der Waals surface area contributed by atoms with Crippen LogP contribution in [0.1, 0.15) is 49.0 Å². The summed E-state index contributed by atoms with van der Waals surface area (Å²) >= 11 is 8.37.